The zero-order valence-corrected chi connectivity index (χ0v) is 4.85. The summed E-state index contributed by atoms with van der Waals surface area (Å²) in [4.78, 5) is 0. The zero-order valence-electron chi connectivity index (χ0n) is 4.85. The van der Waals surface area contributed by atoms with Gasteiger partial charge in [0.2, 0.25) is 0 Å². The van der Waals surface area contributed by atoms with Crippen LogP contribution in [0.15, 0.2) is 23.3 Å². The molecule has 0 spiro atoms. The van der Waals surface area contributed by atoms with E-state index < -0.39 is 0 Å². The van der Waals surface area contributed by atoms with Gasteiger partial charge in [0.25, 0.3) is 0 Å². The SMILES string of the molecule is C1=C2CCCC2=C[CH+]1. The van der Waals surface area contributed by atoms with Gasteiger partial charge in [0.05, 0.1) is 23.3 Å². The van der Waals surface area contributed by atoms with Crippen molar-refractivity contribution in [1.82, 2.24) is 0 Å². The normalized spacial score (nSPS) is 24.0. The Hall–Kier alpha value is -0.650. The summed E-state index contributed by atoms with van der Waals surface area (Å²) in [5.74, 6) is 0. The Morgan fingerprint density at radius 1 is 1.12 bits per heavy atom. The van der Waals surface area contributed by atoms with Crippen LogP contribution < -0.4 is 0 Å². The molecule has 0 aliphatic heterocycles. The lowest BCUT2D eigenvalue weighted by atomic mass is 10.2. The molecule has 2 aliphatic rings. The van der Waals surface area contributed by atoms with Crippen LogP contribution in [0.25, 0.3) is 0 Å². The summed E-state index contributed by atoms with van der Waals surface area (Å²) in [6, 6.07) is 0. The summed E-state index contributed by atoms with van der Waals surface area (Å²) in [6.07, 6.45) is 10.7. The lowest BCUT2D eigenvalue weighted by Gasteiger charge is -1.74. The molecular weight excluding hydrogens is 96.1 g/mol. The van der Waals surface area contributed by atoms with E-state index in [9.17, 15) is 0 Å². The van der Waals surface area contributed by atoms with Gasteiger partial charge in [-0.1, -0.05) is 0 Å². The van der Waals surface area contributed by atoms with Crippen LogP contribution in [0.5, 0.6) is 0 Å². The van der Waals surface area contributed by atoms with Gasteiger partial charge < -0.3 is 0 Å². The van der Waals surface area contributed by atoms with Crippen molar-refractivity contribution in [2.24, 2.45) is 0 Å². The maximum atomic E-state index is 2.24. The van der Waals surface area contributed by atoms with E-state index in [-0.39, 0.29) is 0 Å². The standard InChI is InChI=1S/C8H9/c1-3-7-5-2-6-8(7)4-1/h1,3-4H,2,5-6H2/q+1. The maximum Gasteiger partial charge on any atom is 0.0962 e. The first-order valence-corrected chi connectivity index (χ1v) is 3.20. The fourth-order valence-corrected chi connectivity index (χ4v) is 1.45. The molecule has 0 unspecified atom stereocenters. The lowest BCUT2D eigenvalue weighted by Crippen LogP contribution is -1.67. The predicted octanol–water partition coefficient (Wildman–Crippen LogP) is 2.24. The third kappa shape index (κ3) is 0.430. The van der Waals surface area contributed by atoms with E-state index in [1.807, 2.05) is 0 Å². The Bertz CT molecular complexity index is 143. The zero-order chi connectivity index (χ0) is 5.40. The molecule has 2 aliphatic carbocycles. The number of allylic oxidation sites excluding steroid dienone is 4. The molecule has 1 saturated carbocycles. The summed E-state index contributed by atoms with van der Waals surface area (Å²) in [7, 11) is 0. The van der Waals surface area contributed by atoms with Crippen LogP contribution in [-0.4, -0.2) is 0 Å². The smallest absolute Gasteiger partial charge is 0.0194 e. The molecule has 0 aromatic heterocycles. The first kappa shape index (κ1) is 4.25. The second-order valence-electron chi connectivity index (χ2n) is 2.43. The van der Waals surface area contributed by atoms with Crippen molar-refractivity contribution >= 4 is 0 Å². The number of rotatable bonds is 0. The van der Waals surface area contributed by atoms with Crippen LogP contribution >= 0.6 is 0 Å². The average Bonchev–Trinajstić information content (AvgIpc) is 2.15. The molecule has 2 rings (SSSR count). The molecule has 8 heavy (non-hydrogen) atoms. The Balaban J connectivity index is 2.37. The molecule has 0 saturated heterocycles. The van der Waals surface area contributed by atoms with Crippen molar-refractivity contribution in [2.75, 3.05) is 0 Å². The average molecular weight is 105 g/mol. The quantitative estimate of drug-likeness (QED) is 0.414. The molecule has 0 heteroatoms. The molecule has 0 aromatic rings. The summed E-state index contributed by atoms with van der Waals surface area (Å²) >= 11 is 0. The highest BCUT2D eigenvalue weighted by Crippen LogP contribution is 2.33. The van der Waals surface area contributed by atoms with E-state index in [0.29, 0.717) is 0 Å². The molecule has 0 amide bonds. The van der Waals surface area contributed by atoms with Gasteiger partial charge >= 0.3 is 0 Å². The Morgan fingerprint density at radius 3 is 2.38 bits per heavy atom. The second kappa shape index (κ2) is 1.41. The predicted molar refractivity (Wildman–Crippen MR) is 34.3 cm³/mol. The van der Waals surface area contributed by atoms with Gasteiger partial charge in [-0.25, -0.2) is 0 Å². The van der Waals surface area contributed by atoms with Gasteiger partial charge in [-0.05, 0) is 6.42 Å². The van der Waals surface area contributed by atoms with Crippen LogP contribution in [0.4, 0.5) is 0 Å². The third-order valence-corrected chi connectivity index (χ3v) is 1.90. The lowest BCUT2D eigenvalue weighted by molar-refractivity contribution is 0.930. The number of hydrogen-bond acceptors (Lipinski definition) is 0. The van der Waals surface area contributed by atoms with Crippen molar-refractivity contribution < 1.29 is 0 Å². The monoisotopic (exact) mass is 105 g/mol. The van der Waals surface area contributed by atoms with Crippen molar-refractivity contribution in [3.05, 3.63) is 29.7 Å². The van der Waals surface area contributed by atoms with Crippen molar-refractivity contribution in [2.45, 2.75) is 19.3 Å². The summed E-state index contributed by atoms with van der Waals surface area (Å²) < 4.78 is 0. The first-order chi connectivity index (χ1) is 3.97. The number of fused-ring (bicyclic) bond motifs is 1. The molecule has 0 heterocycles. The fourth-order valence-electron chi connectivity index (χ4n) is 1.45. The Morgan fingerprint density at radius 2 is 1.75 bits per heavy atom. The Labute approximate surface area is 49.9 Å². The van der Waals surface area contributed by atoms with Crippen molar-refractivity contribution in [3.8, 4) is 0 Å². The van der Waals surface area contributed by atoms with Gasteiger partial charge in [-0.2, -0.15) is 0 Å². The third-order valence-electron chi connectivity index (χ3n) is 1.90. The van der Waals surface area contributed by atoms with Crippen LogP contribution in [-0.2, 0) is 0 Å². The van der Waals surface area contributed by atoms with Crippen molar-refractivity contribution in [3.63, 3.8) is 0 Å². The number of hydrogen-bond donors (Lipinski definition) is 0. The Kier molecular flexibility index (Phi) is 0.750. The fraction of sp³-hybridized carbons (Fsp3) is 0.375. The van der Waals surface area contributed by atoms with Crippen LogP contribution in [0.1, 0.15) is 19.3 Å². The highest BCUT2D eigenvalue weighted by Gasteiger charge is 2.25. The highest BCUT2D eigenvalue weighted by atomic mass is 14.2. The van der Waals surface area contributed by atoms with E-state index in [0.717, 1.165) is 0 Å². The highest BCUT2D eigenvalue weighted by molar-refractivity contribution is 5.45. The van der Waals surface area contributed by atoms with Gasteiger partial charge in [0, 0.05) is 19.3 Å². The van der Waals surface area contributed by atoms with Gasteiger partial charge in [0.1, 0.15) is 0 Å². The van der Waals surface area contributed by atoms with Crippen LogP contribution in [0.3, 0.4) is 0 Å². The largest absolute Gasteiger partial charge is 0.0962 e. The van der Waals surface area contributed by atoms with E-state index in [1.165, 1.54) is 19.3 Å². The van der Waals surface area contributed by atoms with E-state index in [2.05, 4.69) is 18.6 Å². The van der Waals surface area contributed by atoms with Gasteiger partial charge in [-0.3, -0.25) is 0 Å². The van der Waals surface area contributed by atoms with Gasteiger partial charge in [-0.15, -0.1) is 0 Å². The summed E-state index contributed by atoms with van der Waals surface area (Å²) in [5.41, 5.74) is 3.18. The molecule has 0 radical (unpaired) electrons. The molecule has 0 bridgehead atoms. The minimum Gasteiger partial charge on any atom is -0.0194 e. The molecule has 0 N–H and O–H groups in total. The van der Waals surface area contributed by atoms with E-state index in [4.69, 9.17) is 0 Å². The molecular formula is C8H9+. The van der Waals surface area contributed by atoms with Crippen LogP contribution in [0.2, 0.25) is 0 Å². The molecule has 0 aromatic carbocycles. The summed E-state index contributed by atoms with van der Waals surface area (Å²) in [5, 5.41) is 0. The summed E-state index contributed by atoms with van der Waals surface area (Å²) in [6.45, 7) is 0. The topological polar surface area (TPSA) is 0 Å². The minimum atomic E-state index is 1.32. The minimum absolute atomic E-state index is 1.32. The van der Waals surface area contributed by atoms with Crippen LogP contribution in [0, 0.1) is 6.42 Å². The molecule has 40 valence electrons. The molecule has 1 fully saturated rings. The van der Waals surface area contributed by atoms with Crippen molar-refractivity contribution in [1.29, 1.82) is 0 Å². The van der Waals surface area contributed by atoms with E-state index >= 15 is 0 Å². The molecule has 0 atom stereocenters. The first-order valence-electron chi connectivity index (χ1n) is 3.20. The molecule has 0 nitrogen and oxygen atoms in total. The van der Waals surface area contributed by atoms with E-state index in [1.54, 1.807) is 11.1 Å². The second-order valence-corrected chi connectivity index (χ2v) is 2.43. The maximum absolute atomic E-state index is 2.24. The van der Waals surface area contributed by atoms with Gasteiger partial charge in [0.15, 0.2) is 0 Å².